The van der Waals surface area contributed by atoms with Gasteiger partial charge in [0.1, 0.15) is 18.0 Å². The summed E-state index contributed by atoms with van der Waals surface area (Å²) in [7, 11) is 0. The van der Waals surface area contributed by atoms with E-state index in [1.165, 1.54) is 29.7 Å². The molecular weight excluding hydrogens is 313 g/mol. The van der Waals surface area contributed by atoms with E-state index in [2.05, 4.69) is 10.6 Å². The number of anilines is 1. The zero-order valence-corrected chi connectivity index (χ0v) is 13.4. The van der Waals surface area contributed by atoms with E-state index >= 15 is 0 Å². The molecule has 1 aromatic heterocycles. The van der Waals surface area contributed by atoms with Gasteiger partial charge < -0.3 is 15.2 Å². The van der Waals surface area contributed by atoms with Gasteiger partial charge in [-0.05, 0) is 36.8 Å². The van der Waals surface area contributed by atoms with Crippen LogP contribution in [0.2, 0.25) is 0 Å². The van der Waals surface area contributed by atoms with E-state index in [0.717, 1.165) is 5.56 Å². The predicted octanol–water partition coefficient (Wildman–Crippen LogP) is 1.57. The van der Waals surface area contributed by atoms with Gasteiger partial charge in [-0.2, -0.15) is 0 Å². The fraction of sp³-hybridized carbons (Fsp3) is 0.235. The fourth-order valence-electron chi connectivity index (χ4n) is 2.15. The summed E-state index contributed by atoms with van der Waals surface area (Å²) in [5.74, 6) is -1.06. The Kier molecular flexibility index (Phi) is 5.47. The molecule has 126 valence electrons. The maximum Gasteiger partial charge on any atom is 0.274 e. The molecule has 0 saturated heterocycles. The number of benzene rings is 1. The first-order valence-corrected chi connectivity index (χ1v) is 7.36. The van der Waals surface area contributed by atoms with E-state index in [9.17, 15) is 18.8 Å². The number of halogens is 1. The minimum Gasteiger partial charge on any atom is -0.350 e. The summed E-state index contributed by atoms with van der Waals surface area (Å²) >= 11 is 0. The Bertz CT molecular complexity index is 813. The summed E-state index contributed by atoms with van der Waals surface area (Å²) in [6.07, 6.45) is 0. The molecule has 7 heteroatoms. The van der Waals surface area contributed by atoms with Gasteiger partial charge in [0.15, 0.2) is 0 Å². The van der Waals surface area contributed by atoms with Crippen LogP contribution in [-0.2, 0) is 22.7 Å². The van der Waals surface area contributed by atoms with E-state index in [-0.39, 0.29) is 36.4 Å². The van der Waals surface area contributed by atoms with Crippen molar-refractivity contribution in [2.24, 2.45) is 0 Å². The second-order valence-corrected chi connectivity index (χ2v) is 5.36. The van der Waals surface area contributed by atoms with Crippen LogP contribution in [0.25, 0.3) is 0 Å². The predicted molar refractivity (Wildman–Crippen MR) is 88.0 cm³/mol. The average molecular weight is 331 g/mol. The summed E-state index contributed by atoms with van der Waals surface area (Å²) in [6.45, 7) is 3.07. The Labute approximate surface area is 138 Å². The zero-order valence-electron chi connectivity index (χ0n) is 13.4. The van der Waals surface area contributed by atoms with Crippen molar-refractivity contribution in [3.8, 4) is 0 Å². The van der Waals surface area contributed by atoms with Gasteiger partial charge >= 0.3 is 0 Å². The van der Waals surface area contributed by atoms with E-state index in [0.29, 0.717) is 5.69 Å². The monoisotopic (exact) mass is 331 g/mol. The van der Waals surface area contributed by atoms with E-state index in [1.54, 1.807) is 25.1 Å². The Balaban J connectivity index is 2.06. The first kappa shape index (κ1) is 17.4. The van der Waals surface area contributed by atoms with Crippen molar-refractivity contribution >= 4 is 17.5 Å². The lowest BCUT2D eigenvalue weighted by Crippen LogP contribution is -2.34. The molecule has 0 radical (unpaired) electrons. The number of amides is 2. The number of nitrogens with one attached hydrogen (secondary N) is 2. The normalized spacial score (nSPS) is 10.3. The zero-order chi connectivity index (χ0) is 17.7. The lowest BCUT2D eigenvalue weighted by atomic mass is 10.2. The number of aromatic nitrogens is 1. The van der Waals surface area contributed by atoms with Gasteiger partial charge in [0, 0.05) is 19.2 Å². The summed E-state index contributed by atoms with van der Waals surface area (Å²) in [6, 6.07) is 8.93. The Morgan fingerprint density at radius 1 is 1.12 bits per heavy atom. The van der Waals surface area contributed by atoms with E-state index in [4.69, 9.17) is 0 Å². The van der Waals surface area contributed by atoms with Gasteiger partial charge in [-0.25, -0.2) is 4.39 Å². The van der Waals surface area contributed by atoms with E-state index in [1.807, 2.05) is 0 Å². The second kappa shape index (κ2) is 7.54. The van der Waals surface area contributed by atoms with Crippen LogP contribution in [-0.4, -0.2) is 16.4 Å². The van der Waals surface area contributed by atoms with Crippen molar-refractivity contribution < 1.29 is 14.0 Å². The van der Waals surface area contributed by atoms with Crippen molar-refractivity contribution in [1.82, 2.24) is 9.88 Å². The number of hydrogen-bond donors (Lipinski definition) is 2. The second-order valence-electron chi connectivity index (χ2n) is 5.36. The van der Waals surface area contributed by atoms with Crippen molar-refractivity contribution in [2.45, 2.75) is 26.9 Å². The third-order valence-electron chi connectivity index (χ3n) is 3.41. The minimum atomic E-state index is -0.442. The highest BCUT2D eigenvalue weighted by molar-refractivity contribution is 5.88. The lowest BCUT2D eigenvalue weighted by Gasteiger charge is -2.12. The molecule has 0 saturated carbocycles. The molecular formula is C17H18FN3O3. The largest absolute Gasteiger partial charge is 0.350 e. The van der Waals surface area contributed by atoms with Gasteiger partial charge in [0.25, 0.3) is 5.56 Å². The van der Waals surface area contributed by atoms with Crippen LogP contribution in [0.4, 0.5) is 10.1 Å². The van der Waals surface area contributed by atoms with Crippen LogP contribution in [0.15, 0.2) is 41.2 Å². The Morgan fingerprint density at radius 3 is 2.42 bits per heavy atom. The van der Waals surface area contributed by atoms with Gasteiger partial charge in [0.2, 0.25) is 11.8 Å². The smallest absolute Gasteiger partial charge is 0.274 e. The number of aryl methyl sites for hydroxylation is 1. The Hall–Kier alpha value is -2.96. The molecule has 2 rings (SSSR count). The van der Waals surface area contributed by atoms with Gasteiger partial charge in [-0.15, -0.1) is 0 Å². The SMILES string of the molecule is CC(=O)Nc1ccc(C)n(CC(=O)NCc2ccc(F)cc2)c1=O. The number of rotatable bonds is 5. The van der Waals surface area contributed by atoms with Crippen molar-refractivity contribution in [2.75, 3.05) is 5.32 Å². The molecule has 0 unspecified atom stereocenters. The maximum atomic E-state index is 12.8. The van der Waals surface area contributed by atoms with Gasteiger partial charge in [-0.1, -0.05) is 12.1 Å². The number of nitrogens with zero attached hydrogens (tertiary/aromatic N) is 1. The molecule has 2 amide bonds. The minimum absolute atomic E-state index is 0.124. The third-order valence-corrected chi connectivity index (χ3v) is 3.41. The molecule has 0 aliphatic heterocycles. The first-order valence-electron chi connectivity index (χ1n) is 7.36. The summed E-state index contributed by atoms with van der Waals surface area (Å²) in [5, 5.41) is 5.11. The molecule has 2 aromatic rings. The van der Waals surface area contributed by atoms with Crippen molar-refractivity contribution in [3.63, 3.8) is 0 Å². The quantitative estimate of drug-likeness (QED) is 0.873. The number of hydrogen-bond acceptors (Lipinski definition) is 3. The maximum absolute atomic E-state index is 12.8. The summed E-state index contributed by atoms with van der Waals surface area (Å²) in [4.78, 5) is 35.5. The van der Waals surface area contributed by atoms with Crippen LogP contribution in [0.3, 0.4) is 0 Å². The van der Waals surface area contributed by atoms with Crippen molar-refractivity contribution in [3.05, 3.63) is 63.8 Å². The van der Waals surface area contributed by atoms with Gasteiger partial charge in [-0.3, -0.25) is 14.4 Å². The highest BCUT2D eigenvalue weighted by Crippen LogP contribution is 2.04. The molecule has 0 bridgehead atoms. The van der Waals surface area contributed by atoms with E-state index < -0.39 is 5.56 Å². The molecule has 0 spiro atoms. The van der Waals surface area contributed by atoms with Crippen LogP contribution in [0, 0.1) is 12.7 Å². The van der Waals surface area contributed by atoms with Crippen molar-refractivity contribution in [1.29, 1.82) is 0 Å². The molecule has 0 aliphatic rings. The summed E-state index contributed by atoms with van der Waals surface area (Å²) in [5.41, 5.74) is 1.04. The van der Waals surface area contributed by atoms with Crippen LogP contribution in [0.1, 0.15) is 18.2 Å². The molecule has 6 nitrogen and oxygen atoms in total. The molecule has 24 heavy (non-hydrogen) atoms. The molecule has 0 atom stereocenters. The van der Waals surface area contributed by atoms with Crippen LogP contribution < -0.4 is 16.2 Å². The van der Waals surface area contributed by atoms with Crippen LogP contribution >= 0.6 is 0 Å². The molecule has 1 aromatic carbocycles. The first-order chi connectivity index (χ1) is 11.4. The average Bonchev–Trinajstić information content (AvgIpc) is 2.53. The highest BCUT2D eigenvalue weighted by Gasteiger charge is 2.11. The molecule has 0 fully saturated rings. The fourth-order valence-corrected chi connectivity index (χ4v) is 2.15. The standard InChI is InChI=1S/C17H18FN3O3/c1-11-3-8-15(20-12(2)22)17(24)21(11)10-16(23)19-9-13-4-6-14(18)7-5-13/h3-8H,9-10H2,1-2H3,(H,19,23)(H,20,22). The number of carbonyl (C=O) groups excluding carboxylic acids is 2. The topological polar surface area (TPSA) is 80.2 Å². The van der Waals surface area contributed by atoms with Crippen LogP contribution in [0.5, 0.6) is 0 Å². The number of pyridine rings is 1. The lowest BCUT2D eigenvalue weighted by molar-refractivity contribution is -0.121. The van der Waals surface area contributed by atoms with Gasteiger partial charge in [0.05, 0.1) is 0 Å². The molecule has 1 heterocycles. The number of carbonyl (C=O) groups is 2. The molecule has 0 aliphatic carbocycles. The third kappa shape index (κ3) is 4.52. The summed E-state index contributed by atoms with van der Waals surface area (Å²) < 4.78 is 14.1. The highest BCUT2D eigenvalue weighted by atomic mass is 19.1. The molecule has 2 N–H and O–H groups in total. The Morgan fingerprint density at radius 2 is 1.79 bits per heavy atom.